The van der Waals surface area contributed by atoms with Gasteiger partial charge in [0, 0.05) is 19.3 Å². The highest BCUT2D eigenvalue weighted by molar-refractivity contribution is 7.89. The second-order valence-corrected chi connectivity index (χ2v) is 6.38. The summed E-state index contributed by atoms with van der Waals surface area (Å²) in [6.07, 6.45) is 5.50. The van der Waals surface area contributed by atoms with Crippen molar-refractivity contribution >= 4 is 21.6 Å². The van der Waals surface area contributed by atoms with Crippen molar-refractivity contribution < 1.29 is 8.42 Å². The Bertz CT molecular complexity index is 482. The van der Waals surface area contributed by atoms with E-state index in [1.165, 1.54) is 16.6 Å². The van der Waals surface area contributed by atoms with Crippen LogP contribution in [0.2, 0.25) is 5.15 Å². The molecule has 0 bridgehead atoms. The van der Waals surface area contributed by atoms with E-state index in [0.717, 1.165) is 25.7 Å². The molecule has 0 unspecified atom stereocenters. The van der Waals surface area contributed by atoms with Crippen LogP contribution in [0.15, 0.2) is 23.2 Å². The van der Waals surface area contributed by atoms with Crippen molar-refractivity contribution in [2.24, 2.45) is 0 Å². The van der Waals surface area contributed by atoms with Gasteiger partial charge in [-0.05, 0) is 25.0 Å². The molecule has 1 fully saturated rings. The predicted octanol–water partition coefficient (Wildman–Crippen LogP) is 2.30. The molecule has 0 aliphatic carbocycles. The van der Waals surface area contributed by atoms with Crippen molar-refractivity contribution in [3.05, 3.63) is 23.5 Å². The van der Waals surface area contributed by atoms with Crippen LogP contribution in [0.1, 0.15) is 25.7 Å². The van der Waals surface area contributed by atoms with Crippen LogP contribution < -0.4 is 0 Å². The Morgan fingerprint density at radius 2 is 1.82 bits per heavy atom. The largest absolute Gasteiger partial charge is 0.246 e. The Morgan fingerprint density at radius 3 is 2.41 bits per heavy atom. The van der Waals surface area contributed by atoms with Crippen LogP contribution in [0, 0.1) is 0 Å². The molecule has 1 aliphatic rings. The summed E-state index contributed by atoms with van der Waals surface area (Å²) in [5.74, 6) is 0. The van der Waals surface area contributed by atoms with E-state index in [2.05, 4.69) is 4.98 Å². The summed E-state index contributed by atoms with van der Waals surface area (Å²) in [5, 5.41) is 0.0525. The Kier molecular flexibility index (Phi) is 4.01. The topological polar surface area (TPSA) is 50.3 Å². The molecule has 1 aliphatic heterocycles. The van der Waals surface area contributed by atoms with Crippen LogP contribution >= 0.6 is 11.6 Å². The molecule has 0 N–H and O–H groups in total. The average Bonchev–Trinajstić information content (AvgIpc) is 2.58. The number of nitrogens with zero attached hydrogens (tertiary/aromatic N) is 2. The lowest BCUT2D eigenvalue weighted by atomic mass is 10.2. The van der Waals surface area contributed by atoms with Crippen molar-refractivity contribution in [3.8, 4) is 0 Å². The van der Waals surface area contributed by atoms with Gasteiger partial charge in [-0.15, -0.1) is 0 Å². The van der Waals surface area contributed by atoms with Gasteiger partial charge in [-0.2, -0.15) is 4.31 Å². The quantitative estimate of drug-likeness (QED) is 0.778. The molecule has 94 valence electrons. The molecule has 0 saturated carbocycles. The summed E-state index contributed by atoms with van der Waals surface area (Å²) >= 11 is 5.85. The fraction of sp³-hybridized carbons (Fsp3) is 0.545. The molecule has 1 aromatic heterocycles. The highest BCUT2D eigenvalue weighted by atomic mass is 35.5. The van der Waals surface area contributed by atoms with E-state index in [9.17, 15) is 8.42 Å². The van der Waals surface area contributed by atoms with Gasteiger partial charge in [0.25, 0.3) is 0 Å². The highest BCUT2D eigenvalue weighted by Gasteiger charge is 2.27. The van der Waals surface area contributed by atoms with Gasteiger partial charge in [0.05, 0.1) is 0 Å². The summed E-state index contributed by atoms with van der Waals surface area (Å²) in [4.78, 5) is 3.94. The number of hydrogen-bond donors (Lipinski definition) is 0. The number of sulfonamides is 1. The van der Waals surface area contributed by atoms with E-state index < -0.39 is 10.0 Å². The smallest absolute Gasteiger partial charge is 0.243 e. The molecular weight excluding hydrogens is 260 g/mol. The first kappa shape index (κ1) is 12.8. The predicted molar refractivity (Wildman–Crippen MR) is 66.5 cm³/mol. The second-order valence-electron chi connectivity index (χ2n) is 4.11. The van der Waals surface area contributed by atoms with Gasteiger partial charge in [-0.3, -0.25) is 0 Å². The van der Waals surface area contributed by atoms with Crippen molar-refractivity contribution in [1.29, 1.82) is 0 Å². The van der Waals surface area contributed by atoms with Gasteiger partial charge < -0.3 is 0 Å². The fourth-order valence-corrected chi connectivity index (χ4v) is 3.93. The van der Waals surface area contributed by atoms with E-state index in [-0.39, 0.29) is 10.0 Å². The highest BCUT2D eigenvalue weighted by Crippen LogP contribution is 2.24. The van der Waals surface area contributed by atoms with Crippen molar-refractivity contribution in [1.82, 2.24) is 9.29 Å². The Morgan fingerprint density at radius 1 is 1.18 bits per heavy atom. The molecule has 2 heterocycles. The third-order valence-corrected chi connectivity index (χ3v) is 5.25. The molecule has 17 heavy (non-hydrogen) atoms. The maximum atomic E-state index is 12.4. The van der Waals surface area contributed by atoms with Gasteiger partial charge in [0.2, 0.25) is 10.0 Å². The molecule has 0 atom stereocenters. The van der Waals surface area contributed by atoms with E-state index in [1.807, 2.05) is 0 Å². The lowest BCUT2D eigenvalue weighted by molar-refractivity contribution is 0.423. The number of pyridine rings is 1. The summed E-state index contributed by atoms with van der Waals surface area (Å²) in [6, 6.07) is 3.10. The van der Waals surface area contributed by atoms with Crippen molar-refractivity contribution in [2.75, 3.05) is 13.1 Å². The second kappa shape index (κ2) is 5.33. The summed E-state index contributed by atoms with van der Waals surface area (Å²) < 4.78 is 26.2. The number of rotatable bonds is 2. The summed E-state index contributed by atoms with van der Waals surface area (Å²) in [7, 11) is -3.48. The molecule has 1 saturated heterocycles. The monoisotopic (exact) mass is 274 g/mol. The van der Waals surface area contributed by atoms with Gasteiger partial charge in [0.15, 0.2) is 0 Å². The zero-order valence-electron chi connectivity index (χ0n) is 9.47. The molecule has 4 nitrogen and oxygen atoms in total. The van der Waals surface area contributed by atoms with Gasteiger partial charge in [-0.1, -0.05) is 24.4 Å². The molecule has 0 aromatic carbocycles. The molecule has 1 aromatic rings. The average molecular weight is 275 g/mol. The minimum Gasteiger partial charge on any atom is -0.243 e. The minimum absolute atomic E-state index is 0.0525. The third-order valence-electron chi connectivity index (χ3n) is 2.91. The van der Waals surface area contributed by atoms with E-state index in [0.29, 0.717) is 13.1 Å². The van der Waals surface area contributed by atoms with Crippen molar-refractivity contribution in [3.63, 3.8) is 0 Å². The first-order chi connectivity index (χ1) is 8.12. The Hall–Kier alpha value is -0.650. The zero-order valence-corrected chi connectivity index (χ0v) is 11.0. The first-order valence-corrected chi connectivity index (χ1v) is 7.55. The van der Waals surface area contributed by atoms with Crippen LogP contribution in [0.3, 0.4) is 0 Å². The molecule has 0 radical (unpaired) electrons. The fourth-order valence-electron chi connectivity index (χ4n) is 1.98. The summed E-state index contributed by atoms with van der Waals surface area (Å²) in [5.41, 5.74) is 0. The van der Waals surface area contributed by atoms with Gasteiger partial charge in [0.1, 0.15) is 10.0 Å². The maximum absolute atomic E-state index is 12.4. The van der Waals surface area contributed by atoms with Crippen LogP contribution in [0.25, 0.3) is 0 Å². The van der Waals surface area contributed by atoms with Crippen LogP contribution in [-0.4, -0.2) is 30.8 Å². The molecule has 2 rings (SSSR count). The molecule has 6 heteroatoms. The lowest BCUT2D eigenvalue weighted by Gasteiger charge is -2.20. The zero-order chi connectivity index (χ0) is 12.3. The minimum atomic E-state index is -3.48. The SMILES string of the molecule is O=S(=O)(c1cccnc1Cl)N1CCCCCC1. The summed E-state index contributed by atoms with van der Waals surface area (Å²) in [6.45, 7) is 1.15. The van der Waals surface area contributed by atoms with Crippen LogP contribution in [0.5, 0.6) is 0 Å². The molecule has 0 spiro atoms. The number of hydrogen-bond acceptors (Lipinski definition) is 3. The lowest BCUT2D eigenvalue weighted by Crippen LogP contribution is -2.32. The molecule has 0 amide bonds. The van der Waals surface area contributed by atoms with Crippen LogP contribution in [-0.2, 0) is 10.0 Å². The normalized spacial score (nSPS) is 18.9. The van der Waals surface area contributed by atoms with Crippen LogP contribution in [0.4, 0.5) is 0 Å². The maximum Gasteiger partial charge on any atom is 0.246 e. The number of aromatic nitrogens is 1. The molecular formula is C11H15ClN2O2S. The number of halogens is 1. The standard InChI is InChI=1S/C11H15ClN2O2S/c12-11-10(6-5-7-13-11)17(15,16)14-8-3-1-2-4-9-14/h5-7H,1-4,8-9H2. The van der Waals surface area contributed by atoms with E-state index in [1.54, 1.807) is 6.07 Å². The Labute approximate surface area is 107 Å². The van der Waals surface area contributed by atoms with Crippen molar-refractivity contribution in [2.45, 2.75) is 30.6 Å². The third kappa shape index (κ3) is 2.78. The van der Waals surface area contributed by atoms with Gasteiger partial charge >= 0.3 is 0 Å². The van der Waals surface area contributed by atoms with Gasteiger partial charge in [-0.25, -0.2) is 13.4 Å². The van der Waals surface area contributed by atoms with E-state index >= 15 is 0 Å². The Balaban J connectivity index is 2.32. The van der Waals surface area contributed by atoms with E-state index in [4.69, 9.17) is 11.6 Å². The first-order valence-electron chi connectivity index (χ1n) is 5.73.